The van der Waals surface area contributed by atoms with Crippen LogP contribution in [-0.4, -0.2) is 27.4 Å². The summed E-state index contributed by atoms with van der Waals surface area (Å²) in [6.45, 7) is 2.66. The minimum Gasteiger partial charge on any atom is -0.369 e. The van der Waals surface area contributed by atoms with Crippen LogP contribution in [0.3, 0.4) is 0 Å². The van der Waals surface area contributed by atoms with Crippen molar-refractivity contribution in [2.75, 3.05) is 17.2 Å². The second-order valence-corrected chi connectivity index (χ2v) is 4.55. The van der Waals surface area contributed by atoms with Crippen LogP contribution in [0.25, 0.3) is 0 Å². The summed E-state index contributed by atoms with van der Waals surface area (Å²) in [4.78, 5) is 24.1. The SMILES string of the molecule is CCNc1cncc(C(=O)Nc2ccc(Br)cn2)n1. The van der Waals surface area contributed by atoms with E-state index in [4.69, 9.17) is 0 Å². The minimum absolute atomic E-state index is 0.239. The quantitative estimate of drug-likeness (QED) is 0.903. The molecular formula is C12H12BrN5O. The Hall–Kier alpha value is -2.02. The van der Waals surface area contributed by atoms with Crippen LogP contribution in [0.4, 0.5) is 11.6 Å². The van der Waals surface area contributed by atoms with Crippen molar-refractivity contribution in [2.45, 2.75) is 6.92 Å². The Labute approximate surface area is 118 Å². The van der Waals surface area contributed by atoms with E-state index < -0.39 is 0 Å². The van der Waals surface area contributed by atoms with Crippen LogP contribution in [0.1, 0.15) is 17.4 Å². The lowest BCUT2D eigenvalue weighted by Crippen LogP contribution is -2.15. The molecule has 2 N–H and O–H groups in total. The van der Waals surface area contributed by atoms with Gasteiger partial charge in [-0.3, -0.25) is 9.78 Å². The number of anilines is 2. The van der Waals surface area contributed by atoms with Crippen molar-refractivity contribution in [3.63, 3.8) is 0 Å². The molecule has 0 radical (unpaired) electrons. The van der Waals surface area contributed by atoms with E-state index in [0.717, 1.165) is 4.47 Å². The van der Waals surface area contributed by atoms with E-state index in [1.54, 1.807) is 24.5 Å². The lowest BCUT2D eigenvalue weighted by atomic mass is 10.4. The molecule has 98 valence electrons. The Bertz CT molecular complexity index is 573. The Morgan fingerprint density at radius 3 is 2.79 bits per heavy atom. The highest BCUT2D eigenvalue weighted by atomic mass is 79.9. The summed E-state index contributed by atoms with van der Waals surface area (Å²) in [6, 6.07) is 3.49. The highest BCUT2D eigenvalue weighted by Gasteiger charge is 2.09. The maximum absolute atomic E-state index is 12.0. The van der Waals surface area contributed by atoms with Crippen LogP contribution in [-0.2, 0) is 0 Å². The van der Waals surface area contributed by atoms with Crippen LogP contribution in [0.2, 0.25) is 0 Å². The normalized spacial score (nSPS) is 10.0. The van der Waals surface area contributed by atoms with Crippen molar-refractivity contribution in [3.8, 4) is 0 Å². The number of pyridine rings is 1. The van der Waals surface area contributed by atoms with Crippen LogP contribution in [0, 0.1) is 0 Å². The van der Waals surface area contributed by atoms with Gasteiger partial charge in [0, 0.05) is 17.2 Å². The van der Waals surface area contributed by atoms with Gasteiger partial charge in [-0.05, 0) is 35.0 Å². The maximum atomic E-state index is 12.0. The Kier molecular flexibility index (Phi) is 4.40. The van der Waals surface area contributed by atoms with Crippen molar-refractivity contribution in [1.29, 1.82) is 0 Å². The van der Waals surface area contributed by atoms with Gasteiger partial charge in [0.1, 0.15) is 17.3 Å². The number of halogens is 1. The molecule has 1 amide bonds. The third kappa shape index (κ3) is 3.72. The summed E-state index contributed by atoms with van der Waals surface area (Å²) >= 11 is 3.28. The maximum Gasteiger partial charge on any atom is 0.277 e. The van der Waals surface area contributed by atoms with Gasteiger partial charge in [0.25, 0.3) is 5.91 Å². The molecule has 0 spiro atoms. The molecule has 2 rings (SSSR count). The smallest absolute Gasteiger partial charge is 0.277 e. The second kappa shape index (κ2) is 6.24. The van der Waals surface area contributed by atoms with E-state index in [0.29, 0.717) is 18.2 Å². The summed E-state index contributed by atoms with van der Waals surface area (Å²) in [5.41, 5.74) is 0.239. The standard InChI is InChI=1S/C12H12BrN5O/c1-2-15-11-7-14-6-9(17-11)12(19)18-10-4-3-8(13)5-16-10/h3-7H,2H2,1H3,(H,15,17)(H,16,18,19). The topological polar surface area (TPSA) is 79.8 Å². The van der Waals surface area contributed by atoms with Gasteiger partial charge >= 0.3 is 0 Å². The molecule has 0 aromatic carbocycles. The molecule has 0 fully saturated rings. The molecule has 0 atom stereocenters. The molecule has 0 bridgehead atoms. The largest absolute Gasteiger partial charge is 0.369 e. The molecule has 0 aliphatic heterocycles. The minimum atomic E-state index is -0.345. The summed E-state index contributed by atoms with van der Waals surface area (Å²) in [5, 5.41) is 5.65. The summed E-state index contributed by atoms with van der Waals surface area (Å²) in [7, 11) is 0. The van der Waals surface area contributed by atoms with E-state index in [2.05, 4.69) is 41.5 Å². The first-order valence-electron chi connectivity index (χ1n) is 5.68. The molecular weight excluding hydrogens is 310 g/mol. The molecule has 2 aromatic heterocycles. The van der Waals surface area contributed by atoms with Crippen molar-refractivity contribution in [2.24, 2.45) is 0 Å². The number of carbonyl (C=O) groups excluding carboxylic acids is 1. The first-order chi connectivity index (χ1) is 9.19. The third-order valence-corrected chi connectivity index (χ3v) is 2.66. The lowest BCUT2D eigenvalue weighted by Gasteiger charge is -2.05. The number of nitrogens with one attached hydrogen (secondary N) is 2. The van der Waals surface area contributed by atoms with Gasteiger partial charge in [-0.25, -0.2) is 9.97 Å². The van der Waals surface area contributed by atoms with Crippen molar-refractivity contribution >= 4 is 33.5 Å². The molecule has 0 aliphatic carbocycles. The van der Waals surface area contributed by atoms with Gasteiger partial charge in [0.15, 0.2) is 0 Å². The Morgan fingerprint density at radius 1 is 1.26 bits per heavy atom. The summed E-state index contributed by atoms with van der Waals surface area (Å²) in [5.74, 6) is 0.685. The second-order valence-electron chi connectivity index (χ2n) is 3.64. The van der Waals surface area contributed by atoms with Crippen molar-refractivity contribution in [1.82, 2.24) is 15.0 Å². The van der Waals surface area contributed by atoms with Crippen LogP contribution in [0.15, 0.2) is 35.2 Å². The molecule has 0 saturated carbocycles. The fraction of sp³-hybridized carbons (Fsp3) is 0.167. The highest BCUT2D eigenvalue weighted by Crippen LogP contribution is 2.11. The van der Waals surface area contributed by atoms with E-state index in [1.165, 1.54) is 6.20 Å². The number of aromatic nitrogens is 3. The molecule has 19 heavy (non-hydrogen) atoms. The molecule has 6 nitrogen and oxygen atoms in total. The number of hydrogen-bond acceptors (Lipinski definition) is 5. The van der Waals surface area contributed by atoms with E-state index in [1.807, 2.05) is 6.92 Å². The van der Waals surface area contributed by atoms with Gasteiger partial charge in [0.2, 0.25) is 0 Å². The van der Waals surface area contributed by atoms with Gasteiger partial charge < -0.3 is 10.6 Å². The predicted octanol–water partition coefficient (Wildman–Crippen LogP) is 2.32. The van der Waals surface area contributed by atoms with Crippen LogP contribution >= 0.6 is 15.9 Å². The zero-order chi connectivity index (χ0) is 13.7. The van der Waals surface area contributed by atoms with E-state index in [-0.39, 0.29) is 11.6 Å². The van der Waals surface area contributed by atoms with Crippen molar-refractivity contribution < 1.29 is 4.79 Å². The van der Waals surface area contributed by atoms with Gasteiger partial charge in [0.05, 0.1) is 12.4 Å². The van der Waals surface area contributed by atoms with Gasteiger partial charge in [-0.2, -0.15) is 0 Å². The molecule has 0 aliphatic rings. The Balaban J connectivity index is 2.11. The van der Waals surface area contributed by atoms with Gasteiger partial charge in [-0.15, -0.1) is 0 Å². The average Bonchev–Trinajstić information content (AvgIpc) is 2.42. The molecule has 0 unspecified atom stereocenters. The molecule has 7 heteroatoms. The first kappa shape index (κ1) is 13.4. The van der Waals surface area contributed by atoms with E-state index in [9.17, 15) is 4.79 Å². The van der Waals surface area contributed by atoms with Gasteiger partial charge in [-0.1, -0.05) is 0 Å². The fourth-order valence-electron chi connectivity index (χ4n) is 1.37. The number of rotatable bonds is 4. The molecule has 0 saturated heterocycles. The van der Waals surface area contributed by atoms with Crippen molar-refractivity contribution in [3.05, 3.63) is 40.9 Å². The van der Waals surface area contributed by atoms with E-state index >= 15 is 0 Å². The average molecular weight is 322 g/mol. The highest BCUT2D eigenvalue weighted by molar-refractivity contribution is 9.10. The third-order valence-electron chi connectivity index (χ3n) is 2.19. The Morgan fingerprint density at radius 2 is 2.11 bits per heavy atom. The predicted molar refractivity (Wildman–Crippen MR) is 76.1 cm³/mol. The fourth-order valence-corrected chi connectivity index (χ4v) is 1.61. The lowest BCUT2D eigenvalue weighted by molar-refractivity contribution is 0.102. The number of carbonyl (C=O) groups is 1. The number of hydrogen-bond donors (Lipinski definition) is 2. The summed E-state index contributed by atoms with van der Waals surface area (Å²) < 4.78 is 0.847. The zero-order valence-electron chi connectivity index (χ0n) is 10.2. The zero-order valence-corrected chi connectivity index (χ0v) is 11.8. The molecule has 2 heterocycles. The van der Waals surface area contributed by atoms with Crippen LogP contribution < -0.4 is 10.6 Å². The summed E-state index contributed by atoms with van der Waals surface area (Å²) in [6.07, 6.45) is 4.59. The van der Waals surface area contributed by atoms with Crippen LogP contribution in [0.5, 0.6) is 0 Å². The number of amides is 1. The molecule has 2 aromatic rings. The first-order valence-corrected chi connectivity index (χ1v) is 6.47. The monoisotopic (exact) mass is 321 g/mol. The number of nitrogens with zero attached hydrogens (tertiary/aromatic N) is 3.